The molecule has 6 rings (SSSR count). The summed E-state index contributed by atoms with van der Waals surface area (Å²) in [4.78, 5) is 46.5. The second-order valence-electron chi connectivity index (χ2n) is 10.1. The molecule has 0 unspecified atom stereocenters. The number of para-hydroxylation sites is 2. The van der Waals surface area contributed by atoms with Crippen LogP contribution < -0.4 is 21.1 Å². The highest BCUT2D eigenvalue weighted by atomic mass is 16.3. The summed E-state index contributed by atoms with van der Waals surface area (Å²) in [5.41, 5.74) is -0.169. The van der Waals surface area contributed by atoms with Crippen molar-refractivity contribution in [2.75, 3.05) is 4.90 Å². The molecule has 0 saturated carbocycles. The quantitative estimate of drug-likeness (QED) is 0.533. The minimum atomic E-state index is -1.59. The fourth-order valence-electron chi connectivity index (χ4n) is 5.80. The van der Waals surface area contributed by atoms with Crippen LogP contribution in [0.5, 0.6) is 0 Å². The van der Waals surface area contributed by atoms with Crippen LogP contribution in [0.25, 0.3) is 10.9 Å². The molecular weight excluding hydrogens is 446 g/mol. The van der Waals surface area contributed by atoms with Crippen LogP contribution in [-0.2, 0) is 15.2 Å². The van der Waals surface area contributed by atoms with E-state index >= 15 is 0 Å². The van der Waals surface area contributed by atoms with E-state index in [2.05, 4.69) is 10.6 Å². The molecule has 3 aromatic rings. The van der Waals surface area contributed by atoms with Crippen molar-refractivity contribution in [2.24, 2.45) is 5.92 Å². The molecule has 1 fully saturated rings. The van der Waals surface area contributed by atoms with Gasteiger partial charge in [0.1, 0.15) is 23.6 Å². The summed E-state index contributed by atoms with van der Waals surface area (Å²) < 4.78 is 1.45. The van der Waals surface area contributed by atoms with Gasteiger partial charge in [-0.15, -0.1) is 0 Å². The van der Waals surface area contributed by atoms with Crippen LogP contribution in [0.2, 0.25) is 0 Å². The molecule has 4 heterocycles. The number of aliphatic hydroxyl groups is 1. The highest BCUT2D eigenvalue weighted by Crippen LogP contribution is 2.49. The lowest BCUT2D eigenvalue weighted by Crippen LogP contribution is -2.54. The predicted octanol–water partition coefficient (Wildman–Crippen LogP) is 1.71. The Hall–Kier alpha value is -3.56. The van der Waals surface area contributed by atoms with E-state index < -0.39 is 29.9 Å². The summed E-state index contributed by atoms with van der Waals surface area (Å²) in [6.45, 7) is 5.68. The predicted molar refractivity (Wildman–Crippen MR) is 130 cm³/mol. The molecule has 0 spiro atoms. The number of rotatable bonds is 3. The minimum Gasteiger partial charge on any atom is -0.381 e. The van der Waals surface area contributed by atoms with Gasteiger partial charge in [-0.1, -0.05) is 44.2 Å². The van der Waals surface area contributed by atoms with Gasteiger partial charge < -0.3 is 10.4 Å². The van der Waals surface area contributed by atoms with Crippen molar-refractivity contribution in [1.82, 2.24) is 20.2 Å². The molecule has 0 bridgehead atoms. The zero-order valence-electron chi connectivity index (χ0n) is 19.7. The van der Waals surface area contributed by atoms with Gasteiger partial charge in [-0.25, -0.2) is 4.98 Å². The van der Waals surface area contributed by atoms with Crippen LogP contribution >= 0.6 is 0 Å². The van der Waals surface area contributed by atoms with Crippen molar-refractivity contribution in [2.45, 2.75) is 57.1 Å². The molecule has 0 radical (unpaired) electrons. The Bertz CT molecular complexity index is 1450. The van der Waals surface area contributed by atoms with Crippen LogP contribution in [0, 0.1) is 5.92 Å². The Labute approximate surface area is 201 Å². The van der Waals surface area contributed by atoms with Crippen molar-refractivity contribution in [3.63, 3.8) is 0 Å². The lowest BCUT2D eigenvalue weighted by Gasteiger charge is -2.39. The Morgan fingerprint density at radius 3 is 2.57 bits per heavy atom. The molecule has 180 valence electrons. The molecule has 5 atom stereocenters. The molecule has 1 saturated heterocycles. The van der Waals surface area contributed by atoms with Gasteiger partial charge in [-0.05, 0) is 31.0 Å². The summed E-state index contributed by atoms with van der Waals surface area (Å²) in [6, 6.07) is 12.3. The normalized spacial score (nSPS) is 29.3. The average molecular weight is 474 g/mol. The second kappa shape index (κ2) is 7.47. The number of hydrogen-bond donors (Lipinski definition) is 3. The van der Waals surface area contributed by atoms with Crippen LogP contribution in [0.1, 0.15) is 50.7 Å². The molecule has 1 aromatic heterocycles. The maximum Gasteiger partial charge on any atom is 0.262 e. The number of aromatic nitrogens is 2. The molecule has 3 aliphatic rings. The molecule has 3 aliphatic heterocycles. The van der Waals surface area contributed by atoms with E-state index in [-0.39, 0.29) is 29.7 Å². The molecule has 2 amide bonds. The topological polar surface area (TPSA) is 117 Å². The summed E-state index contributed by atoms with van der Waals surface area (Å²) in [7, 11) is 0. The first-order chi connectivity index (χ1) is 16.7. The summed E-state index contributed by atoms with van der Waals surface area (Å²) >= 11 is 0. The monoisotopic (exact) mass is 473 g/mol. The highest BCUT2D eigenvalue weighted by Gasteiger charge is 2.58. The van der Waals surface area contributed by atoms with Crippen LogP contribution in [-0.4, -0.2) is 38.7 Å². The number of carbonyl (C=O) groups excluding carboxylic acids is 2. The molecule has 3 N–H and O–H groups in total. The van der Waals surface area contributed by atoms with Gasteiger partial charge in [-0.2, -0.15) is 0 Å². The maximum atomic E-state index is 13.7. The van der Waals surface area contributed by atoms with E-state index in [4.69, 9.17) is 4.98 Å². The smallest absolute Gasteiger partial charge is 0.262 e. The Kier molecular flexibility index (Phi) is 4.68. The van der Waals surface area contributed by atoms with Gasteiger partial charge in [0.2, 0.25) is 11.8 Å². The molecule has 9 nitrogen and oxygen atoms in total. The summed E-state index contributed by atoms with van der Waals surface area (Å²) in [5, 5.41) is 18.8. The SMILES string of the molecule is CC(C)[C@@H]1NC(=O)[C@@H](C[C@]2(O)c3ccccc3N3C(=O)[C@H](C)N[C@H]32)n2c1nc1ccccc1c2=O. The lowest BCUT2D eigenvalue weighted by molar-refractivity contribution is -0.130. The lowest BCUT2D eigenvalue weighted by atomic mass is 9.85. The number of carbonyl (C=O) groups is 2. The Balaban J connectivity index is 1.53. The summed E-state index contributed by atoms with van der Waals surface area (Å²) in [5.74, 6) is -0.0162. The number of amides is 2. The standard InChI is InChI=1S/C26H27N5O4/c1-13(2)20-21-28-17-10-6-4-8-15(17)24(34)30(21)19(22(32)29-20)12-26(35)16-9-5-7-11-18(16)31-23(33)14(3)27-25(26)31/h4-11,13-14,19-20,25,27,35H,12H2,1-3H3,(H,29,32)/t14-,19+,20-,25+,26-/m0/s1. The zero-order chi connectivity index (χ0) is 24.6. The van der Waals surface area contributed by atoms with Gasteiger partial charge >= 0.3 is 0 Å². The third-order valence-electron chi connectivity index (χ3n) is 7.55. The zero-order valence-corrected chi connectivity index (χ0v) is 19.7. The molecular formula is C26H27N5O4. The first kappa shape index (κ1) is 21.9. The second-order valence-corrected chi connectivity index (χ2v) is 10.1. The van der Waals surface area contributed by atoms with Gasteiger partial charge in [0.05, 0.1) is 28.7 Å². The van der Waals surface area contributed by atoms with E-state index in [9.17, 15) is 19.5 Å². The molecule has 2 aromatic carbocycles. The number of nitrogens with one attached hydrogen (secondary N) is 2. The fourth-order valence-corrected chi connectivity index (χ4v) is 5.80. The number of anilines is 1. The van der Waals surface area contributed by atoms with Gasteiger partial charge in [0.15, 0.2) is 0 Å². The number of nitrogens with zero attached hydrogens (tertiary/aromatic N) is 3. The Morgan fingerprint density at radius 1 is 1.09 bits per heavy atom. The average Bonchev–Trinajstić information content (AvgIpc) is 3.27. The number of hydrogen-bond acceptors (Lipinski definition) is 6. The minimum absolute atomic E-state index is 0.0000307. The first-order valence-corrected chi connectivity index (χ1v) is 11.9. The highest BCUT2D eigenvalue weighted by molar-refractivity contribution is 6.02. The van der Waals surface area contributed by atoms with Crippen molar-refractivity contribution in [3.05, 3.63) is 70.3 Å². The summed E-state index contributed by atoms with van der Waals surface area (Å²) in [6.07, 6.45) is -0.840. The largest absolute Gasteiger partial charge is 0.381 e. The third-order valence-corrected chi connectivity index (χ3v) is 7.55. The number of benzene rings is 2. The van der Waals surface area contributed by atoms with E-state index in [0.29, 0.717) is 28.0 Å². The van der Waals surface area contributed by atoms with Crippen LogP contribution in [0.15, 0.2) is 53.3 Å². The molecule has 0 aliphatic carbocycles. The third kappa shape index (κ3) is 2.94. The van der Waals surface area contributed by atoms with Crippen LogP contribution in [0.3, 0.4) is 0 Å². The van der Waals surface area contributed by atoms with E-state index in [1.165, 1.54) is 4.57 Å². The van der Waals surface area contributed by atoms with E-state index in [1.54, 1.807) is 48.2 Å². The first-order valence-electron chi connectivity index (χ1n) is 11.9. The fraction of sp³-hybridized carbons (Fsp3) is 0.385. The molecule has 35 heavy (non-hydrogen) atoms. The number of fused-ring (bicyclic) bond motifs is 5. The van der Waals surface area contributed by atoms with E-state index in [0.717, 1.165) is 0 Å². The van der Waals surface area contributed by atoms with Gasteiger partial charge in [0.25, 0.3) is 5.56 Å². The molecule has 9 heteroatoms. The maximum absolute atomic E-state index is 13.7. The van der Waals surface area contributed by atoms with Crippen LogP contribution in [0.4, 0.5) is 5.69 Å². The van der Waals surface area contributed by atoms with Crippen molar-refractivity contribution >= 4 is 28.4 Å². The van der Waals surface area contributed by atoms with Crippen molar-refractivity contribution in [3.8, 4) is 0 Å². The van der Waals surface area contributed by atoms with Crippen molar-refractivity contribution in [1.29, 1.82) is 0 Å². The Morgan fingerprint density at radius 2 is 1.80 bits per heavy atom. The van der Waals surface area contributed by atoms with Crippen molar-refractivity contribution < 1.29 is 14.7 Å². The van der Waals surface area contributed by atoms with Gasteiger partial charge in [0, 0.05) is 12.0 Å². The van der Waals surface area contributed by atoms with E-state index in [1.807, 2.05) is 26.0 Å². The van der Waals surface area contributed by atoms with Gasteiger partial charge in [-0.3, -0.25) is 29.2 Å².